The van der Waals surface area contributed by atoms with Gasteiger partial charge in [-0.15, -0.1) is 11.8 Å². The van der Waals surface area contributed by atoms with Crippen molar-refractivity contribution in [2.45, 2.75) is 30.7 Å². The van der Waals surface area contributed by atoms with Gasteiger partial charge in [-0.1, -0.05) is 25.2 Å². The molecule has 1 fully saturated rings. The van der Waals surface area contributed by atoms with Crippen LogP contribution in [0.3, 0.4) is 0 Å². The quantitative estimate of drug-likeness (QED) is 0.646. The number of benzene rings is 1. The van der Waals surface area contributed by atoms with Gasteiger partial charge in [-0.2, -0.15) is 0 Å². The molecule has 1 aliphatic rings. The van der Waals surface area contributed by atoms with Gasteiger partial charge in [0, 0.05) is 28.8 Å². The highest BCUT2D eigenvalue weighted by atomic mass is 32.2. The van der Waals surface area contributed by atoms with E-state index in [1.54, 1.807) is 11.8 Å². The molecular weight excluding hydrogens is 276 g/mol. The van der Waals surface area contributed by atoms with E-state index in [0.717, 1.165) is 48.0 Å². The fraction of sp³-hybridized carbons (Fsp3) is 0.500. The van der Waals surface area contributed by atoms with Crippen LogP contribution in [-0.2, 0) is 4.74 Å². The molecule has 3 N–H and O–H groups in total. The van der Waals surface area contributed by atoms with E-state index in [2.05, 4.69) is 18.3 Å². The maximum Gasteiger partial charge on any atom is 0.107 e. The summed E-state index contributed by atoms with van der Waals surface area (Å²) in [5.74, 6) is 1.01. The fourth-order valence-electron chi connectivity index (χ4n) is 2.26. The molecule has 1 heterocycles. The lowest BCUT2D eigenvalue weighted by Crippen LogP contribution is -2.31. The third-order valence-corrected chi connectivity index (χ3v) is 4.24. The average molecular weight is 296 g/mol. The first-order valence-electron chi connectivity index (χ1n) is 6.62. The first kappa shape index (κ1) is 14.6. The molecule has 0 spiro atoms. The topological polar surface area (TPSA) is 47.3 Å². The van der Waals surface area contributed by atoms with Crippen LogP contribution in [0.4, 0.5) is 5.69 Å². The Hall–Kier alpha value is -0.780. The van der Waals surface area contributed by atoms with Crippen molar-refractivity contribution in [3.63, 3.8) is 0 Å². The minimum atomic E-state index is 0.351. The van der Waals surface area contributed by atoms with Gasteiger partial charge in [0.15, 0.2) is 0 Å². The number of thiocarbonyl (C=S) groups is 1. The highest BCUT2D eigenvalue weighted by Gasteiger charge is 2.17. The SMILES string of the molecule is CCSc1cccc(NC2CCCOC2)c1C(N)=S. The van der Waals surface area contributed by atoms with Gasteiger partial charge in [-0.05, 0) is 30.7 Å². The van der Waals surface area contributed by atoms with Crippen LogP contribution in [0.1, 0.15) is 25.3 Å². The van der Waals surface area contributed by atoms with Crippen molar-refractivity contribution < 1.29 is 4.74 Å². The molecule has 2 rings (SSSR count). The number of anilines is 1. The minimum absolute atomic E-state index is 0.351. The Morgan fingerprint density at radius 3 is 3.05 bits per heavy atom. The molecule has 1 aromatic rings. The van der Waals surface area contributed by atoms with Gasteiger partial charge in [0.05, 0.1) is 6.61 Å². The lowest BCUT2D eigenvalue weighted by Gasteiger charge is -2.25. The van der Waals surface area contributed by atoms with Crippen molar-refractivity contribution in [1.29, 1.82) is 0 Å². The maximum atomic E-state index is 5.90. The van der Waals surface area contributed by atoms with Crippen LogP contribution < -0.4 is 11.1 Å². The zero-order valence-electron chi connectivity index (χ0n) is 11.1. The molecule has 0 saturated carbocycles. The molecule has 1 saturated heterocycles. The molecule has 0 aliphatic carbocycles. The summed E-state index contributed by atoms with van der Waals surface area (Å²) in [5.41, 5.74) is 7.89. The van der Waals surface area contributed by atoms with Gasteiger partial charge in [0.2, 0.25) is 0 Å². The van der Waals surface area contributed by atoms with Gasteiger partial charge < -0.3 is 15.8 Å². The Kier molecular flexibility index (Phi) is 5.48. The van der Waals surface area contributed by atoms with E-state index in [1.807, 2.05) is 12.1 Å². The summed E-state index contributed by atoms with van der Waals surface area (Å²) in [4.78, 5) is 1.60. The molecular formula is C14H20N2OS2. The first-order valence-corrected chi connectivity index (χ1v) is 8.01. The number of thioether (sulfide) groups is 1. The van der Waals surface area contributed by atoms with Crippen LogP contribution >= 0.6 is 24.0 Å². The van der Waals surface area contributed by atoms with E-state index in [1.165, 1.54) is 0 Å². The van der Waals surface area contributed by atoms with Crippen molar-refractivity contribution in [1.82, 2.24) is 0 Å². The van der Waals surface area contributed by atoms with Gasteiger partial charge in [-0.25, -0.2) is 0 Å². The molecule has 0 amide bonds. The van der Waals surface area contributed by atoms with E-state index < -0.39 is 0 Å². The van der Waals surface area contributed by atoms with Gasteiger partial charge >= 0.3 is 0 Å². The number of ether oxygens (including phenoxy) is 1. The van der Waals surface area contributed by atoms with Gasteiger partial charge in [0.1, 0.15) is 4.99 Å². The molecule has 1 unspecified atom stereocenters. The molecule has 1 atom stereocenters. The standard InChI is InChI=1S/C14H20N2OS2/c1-2-19-12-7-3-6-11(13(12)14(15)18)16-10-5-4-8-17-9-10/h3,6-7,10,16H,2,4-5,8-9H2,1H3,(H2,15,18). The predicted molar refractivity (Wildman–Crippen MR) is 86.2 cm³/mol. The molecule has 1 aromatic carbocycles. The number of nitrogens with one attached hydrogen (secondary N) is 1. The first-order chi connectivity index (χ1) is 9.22. The number of rotatable bonds is 5. The number of hydrogen-bond donors (Lipinski definition) is 2. The van der Waals surface area contributed by atoms with Crippen LogP contribution in [0.5, 0.6) is 0 Å². The summed E-state index contributed by atoms with van der Waals surface area (Å²) in [5, 5.41) is 3.52. The largest absolute Gasteiger partial charge is 0.389 e. The molecule has 0 bridgehead atoms. The Labute approximate surface area is 124 Å². The van der Waals surface area contributed by atoms with Crippen LogP contribution in [0.2, 0.25) is 0 Å². The minimum Gasteiger partial charge on any atom is -0.389 e. The van der Waals surface area contributed by atoms with E-state index in [4.69, 9.17) is 22.7 Å². The fourth-order valence-corrected chi connectivity index (χ4v) is 3.39. The molecule has 1 aliphatic heterocycles. The zero-order valence-corrected chi connectivity index (χ0v) is 12.8. The summed E-state index contributed by atoms with van der Waals surface area (Å²) < 4.78 is 5.50. The van der Waals surface area contributed by atoms with E-state index >= 15 is 0 Å². The second-order valence-electron chi connectivity index (χ2n) is 4.53. The van der Waals surface area contributed by atoms with Crippen LogP contribution in [0, 0.1) is 0 Å². The summed E-state index contributed by atoms with van der Waals surface area (Å²) in [6.07, 6.45) is 2.23. The molecule has 3 nitrogen and oxygen atoms in total. The van der Waals surface area contributed by atoms with E-state index in [-0.39, 0.29) is 0 Å². The second-order valence-corrected chi connectivity index (χ2v) is 6.28. The van der Waals surface area contributed by atoms with Crippen molar-refractivity contribution in [3.8, 4) is 0 Å². The van der Waals surface area contributed by atoms with Crippen LogP contribution in [0.25, 0.3) is 0 Å². The third kappa shape index (κ3) is 3.84. The molecule has 0 aromatic heterocycles. The Morgan fingerprint density at radius 1 is 1.58 bits per heavy atom. The van der Waals surface area contributed by atoms with Crippen molar-refractivity contribution in [2.75, 3.05) is 24.3 Å². The highest BCUT2D eigenvalue weighted by Crippen LogP contribution is 2.29. The highest BCUT2D eigenvalue weighted by molar-refractivity contribution is 7.99. The molecule has 0 radical (unpaired) electrons. The van der Waals surface area contributed by atoms with E-state index in [0.29, 0.717) is 11.0 Å². The smallest absolute Gasteiger partial charge is 0.107 e. The van der Waals surface area contributed by atoms with Crippen molar-refractivity contribution in [2.24, 2.45) is 5.73 Å². The normalized spacial score (nSPS) is 19.1. The van der Waals surface area contributed by atoms with E-state index in [9.17, 15) is 0 Å². The Morgan fingerprint density at radius 2 is 2.42 bits per heavy atom. The molecule has 19 heavy (non-hydrogen) atoms. The van der Waals surface area contributed by atoms with Crippen molar-refractivity contribution in [3.05, 3.63) is 23.8 Å². The summed E-state index contributed by atoms with van der Waals surface area (Å²) in [6.45, 7) is 3.75. The van der Waals surface area contributed by atoms with Gasteiger partial charge in [-0.3, -0.25) is 0 Å². The number of hydrogen-bond acceptors (Lipinski definition) is 4. The zero-order chi connectivity index (χ0) is 13.7. The lowest BCUT2D eigenvalue weighted by molar-refractivity contribution is 0.0876. The average Bonchev–Trinajstić information content (AvgIpc) is 2.40. The summed E-state index contributed by atoms with van der Waals surface area (Å²) in [6, 6.07) is 6.52. The molecule has 5 heteroatoms. The monoisotopic (exact) mass is 296 g/mol. The van der Waals surface area contributed by atoms with Gasteiger partial charge in [0.25, 0.3) is 0 Å². The molecule has 104 valence electrons. The maximum absolute atomic E-state index is 5.90. The van der Waals surface area contributed by atoms with Crippen LogP contribution in [0.15, 0.2) is 23.1 Å². The Balaban J connectivity index is 2.22. The third-order valence-electron chi connectivity index (χ3n) is 3.09. The predicted octanol–water partition coefficient (Wildman–Crippen LogP) is 3.02. The Bertz CT molecular complexity index is 445. The summed E-state index contributed by atoms with van der Waals surface area (Å²) in [7, 11) is 0. The van der Waals surface area contributed by atoms with Crippen molar-refractivity contribution >= 4 is 34.7 Å². The van der Waals surface area contributed by atoms with Crippen LogP contribution in [-0.4, -0.2) is 30.0 Å². The number of nitrogens with two attached hydrogens (primary N) is 1. The lowest BCUT2D eigenvalue weighted by atomic mass is 10.1. The summed E-state index contributed by atoms with van der Waals surface area (Å²) >= 11 is 6.98. The second kappa shape index (κ2) is 7.12.